The van der Waals surface area contributed by atoms with Gasteiger partial charge in [0.05, 0.1) is 13.2 Å². The van der Waals surface area contributed by atoms with Crippen LogP contribution in [0.5, 0.6) is 5.75 Å². The van der Waals surface area contributed by atoms with Gasteiger partial charge in [0, 0.05) is 24.3 Å². The third-order valence-corrected chi connectivity index (χ3v) is 5.08. The highest BCUT2D eigenvalue weighted by atomic mass is 16.5. The molecule has 2 aromatic rings. The SMILES string of the molecule is CC[C@H](NC(=O)c1ccc(N2CCCCC2)cc1)c1ccc(OC)cc1. The van der Waals surface area contributed by atoms with Crippen molar-refractivity contribution in [1.82, 2.24) is 5.32 Å². The first-order valence-corrected chi connectivity index (χ1v) is 9.51. The molecule has 0 spiro atoms. The summed E-state index contributed by atoms with van der Waals surface area (Å²) < 4.78 is 5.20. The Labute approximate surface area is 156 Å². The van der Waals surface area contributed by atoms with E-state index in [4.69, 9.17) is 4.74 Å². The predicted molar refractivity (Wildman–Crippen MR) is 106 cm³/mol. The fourth-order valence-corrected chi connectivity index (χ4v) is 3.47. The molecule has 1 atom stereocenters. The van der Waals surface area contributed by atoms with E-state index in [2.05, 4.69) is 29.3 Å². The van der Waals surface area contributed by atoms with Crippen LogP contribution in [-0.4, -0.2) is 26.1 Å². The fraction of sp³-hybridized carbons (Fsp3) is 0.409. The number of methoxy groups -OCH3 is 1. The van der Waals surface area contributed by atoms with Crippen molar-refractivity contribution in [3.05, 3.63) is 59.7 Å². The molecule has 1 fully saturated rings. The molecule has 4 heteroatoms. The first-order valence-electron chi connectivity index (χ1n) is 9.51. The zero-order valence-electron chi connectivity index (χ0n) is 15.7. The van der Waals surface area contributed by atoms with E-state index in [1.165, 1.54) is 24.9 Å². The number of hydrogen-bond donors (Lipinski definition) is 1. The number of rotatable bonds is 6. The summed E-state index contributed by atoms with van der Waals surface area (Å²) in [7, 11) is 1.65. The molecule has 26 heavy (non-hydrogen) atoms. The summed E-state index contributed by atoms with van der Waals surface area (Å²) in [6.07, 6.45) is 4.66. The summed E-state index contributed by atoms with van der Waals surface area (Å²) >= 11 is 0. The second kappa shape index (κ2) is 8.75. The molecule has 4 nitrogen and oxygen atoms in total. The number of piperidine rings is 1. The smallest absolute Gasteiger partial charge is 0.251 e. The predicted octanol–water partition coefficient (Wildman–Crippen LogP) is 4.57. The molecule has 1 saturated heterocycles. The number of hydrogen-bond acceptors (Lipinski definition) is 3. The average molecular weight is 352 g/mol. The van der Waals surface area contributed by atoms with Crippen LogP contribution in [0.15, 0.2) is 48.5 Å². The van der Waals surface area contributed by atoms with Gasteiger partial charge in [0.2, 0.25) is 0 Å². The summed E-state index contributed by atoms with van der Waals surface area (Å²) in [5, 5.41) is 3.14. The Bertz CT molecular complexity index is 704. The second-order valence-electron chi connectivity index (χ2n) is 6.80. The van der Waals surface area contributed by atoms with Gasteiger partial charge in [0.1, 0.15) is 5.75 Å². The molecule has 0 aromatic heterocycles. The molecule has 1 N–H and O–H groups in total. The molecular formula is C22H28N2O2. The van der Waals surface area contributed by atoms with Crippen molar-refractivity contribution < 1.29 is 9.53 Å². The van der Waals surface area contributed by atoms with Gasteiger partial charge in [-0.05, 0) is 67.6 Å². The summed E-state index contributed by atoms with van der Waals surface area (Å²) in [5.74, 6) is 0.793. The van der Waals surface area contributed by atoms with Crippen LogP contribution in [0, 0.1) is 0 Å². The van der Waals surface area contributed by atoms with Gasteiger partial charge in [-0.15, -0.1) is 0 Å². The zero-order chi connectivity index (χ0) is 18.4. The van der Waals surface area contributed by atoms with Gasteiger partial charge in [0.15, 0.2) is 0 Å². The van der Waals surface area contributed by atoms with Crippen molar-refractivity contribution in [3.8, 4) is 5.75 Å². The minimum absolute atomic E-state index is 0.00447. The van der Waals surface area contributed by atoms with Gasteiger partial charge in [-0.1, -0.05) is 19.1 Å². The van der Waals surface area contributed by atoms with Crippen molar-refractivity contribution in [2.24, 2.45) is 0 Å². The van der Waals surface area contributed by atoms with Crippen LogP contribution in [0.1, 0.15) is 54.6 Å². The first kappa shape index (κ1) is 18.3. The minimum atomic E-state index is -0.0298. The van der Waals surface area contributed by atoms with Crippen molar-refractivity contribution in [3.63, 3.8) is 0 Å². The van der Waals surface area contributed by atoms with E-state index in [1.54, 1.807) is 7.11 Å². The third kappa shape index (κ3) is 4.37. The number of nitrogens with one attached hydrogen (secondary N) is 1. The van der Waals surface area contributed by atoms with Crippen LogP contribution >= 0.6 is 0 Å². The van der Waals surface area contributed by atoms with E-state index in [0.717, 1.165) is 30.8 Å². The van der Waals surface area contributed by atoms with Crippen molar-refractivity contribution in [2.75, 3.05) is 25.1 Å². The van der Waals surface area contributed by atoms with E-state index in [0.29, 0.717) is 5.56 Å². The maximum Gasteiger partial charge on any atom is 0.251 e. The van der Waals surface area contributed by atoms with Crippen LogP contribution in [0.25, 0.3) is 0 Å². The quantitative estimate of drug-likeness (QED) is 0.828. The normalized spacial score (nSPS) is 15.4. The molecule has 0 saturated carbocycles. The van der Waals surface area contributed by atoms with Gasteiger partial charge in [-0.3, -0.25) is 4.79 Å². The molecule has 1 heterocycles. The number of ether oxygens (including phenoxy) is 1. The first-order chi connectivity index (χ1) is 12.7. The van der Waals surface area contributed by atoms with E-state index >= 15 is 0 Å². The van der Waals surface area contributed by atoms with Crippen molar-refractivity contribution in [2.45, 2.75) is 38.6 Å². The molecule has 3 rings (SSSR count). The molecule has 1 aliphatic heterocycles. The lowest BCUT2D eigenvalue weighted by molar-refractivity contribution is 0.0935. The van der Waals surface area contributed by atoms with Crippen LogP contribution in [0.4, 0.5) is 5.69 Å². The van der Waals surface area contributed by atoms with E-state index in [1.807, 2.05) is 36.4 Å². The number of nitrogens with zero attached hydrogens (tertiary/aromatic N) is 1. The van der Waals surface area contributed by atoms with Gasteiger partial charge >= 0.3 is 0 Å². The molecule has 0 bridgehead atoms. The van der Waals surface area contributed by atoms with Crippen molar-refractivity contribution in [1.29, 1.82) is 0 Å². The Morgan fingerprint density at radius 3 is 2.27 bits per heavy atom. The second-order valence-corrected chi connectivity index (χ2v) is 6.80. The number of amides is 1. The lowest BCUT2D eigenvalue weighted by Gasteiger charge is -2.28. The highest BCUT2D eigenvalue weighted by molar-refractivity contribution is 5.94. The monoisotopic (exact) mass is 352 g/mol. The Morgan fingerprint density at radius 1 is 1.04 bits per heavy atom. The van der Waals surface area contributed by atoms with E-state index in [-0.39, 0.29) is 11.9 Å². The number of carbonyl (C=O) groups excluding carboxylic acids is 1. The van der Waals surface area contributed by atoms with E-state index in [9.17, 15) is 4.79 Å². The molecule has 138 valence electrons. The largest absolute Gasteiger partial charge is 0.497 e. The summed E-state index contributed by atoms with van der Waals surface area (Å²) in [5.41, 5.74) is 3.01. The molecule has 1 aliphatic rings. The lowest BCUT2D eigenvalue weighted by Crippen LogP contribution is -2.30. The van der Waals surface area contributed by atoms with Gasteiger partial charge in [-0.25, -0.2) is 0 Å². The minimum Gasteiger partial charge on any atom is -0.497 e. The molecule has 0 unspecified atom stereocenters. The summed E-state index contributed by atoms with van der Waals surface area (Å²) in [4.78, 5) is 15.0. The number of anilines is 1. The van der Waals surface area contributed by atoms with Crippen LogP contribution in [0.2, 0.25) is 0 Å². The topological polar surface area (TPSA) is 41.6 Å². The van der Waals surface area contributed by atoms with Gasteiger partial charge in [0.25, 0.3) is 5.91 Å². The van der Waals surface area contributed by atoms with Gasteiger partial charge in [-0.2, -0.15) is 0 Å². The molecule has 1 amide bonds. The molecule has 0 radical (unpaired) electrons. The molecule has 0 aliphatic carbocycles. The van der Waals surface area contributed by atoms with Gasteiger partial charge < -0.3 is 15.0 Å². The lowest BCUT2D eigenvalue weighted by atomic mass is 10.0. The standard InChI is InChI=1S/C22H28N2O2/c1-3-21(17-9-13-20(26-2)14-10-17)23-22(25)18-7-11-19(12-8-18)24-15-5-4-6-16-24/h7-14,21H,3-6,15-16H2,1-2H3,(H,23,25)/t21-/m0/s1. The maximum absolute atomic E-state index is 12.6. The Balaban J connectivity index is 1.65. The van der Waals surface area contributed by atoms with Crippen LogP contribution < -0.4 is 15.0 Å². The summed E-state index contributed by atoms with van der Waals surface area (Å²) in [6, 6.07) is 15.9. The number of benzene rings is 2. The Kier molecular flexibility index (Phi) is 6.16. The Morgan fingerprint density at radius 2 is 1.69 bits per heavy atom. The average Bonchev–Trinajstić information content (AvgIpc) is 2.72. The maximum atomic E-state index is 12.6. The fourth-order valence-electron chi connectivity index (χ4n) is 3.47. The van der Waals surface area contributed by atoms with Crippen LogP contribution in [0.3, 0.4) is 0 Å². The molecule has 2 aromatic carbocycles. The third-order valence-electron chi connectivity index (χ3n) is 5.08. The van der Waals surface area contributed by atoms with E-state index < -0.39 is 0 Å². The molecular weight excluding hydrogens is 324 g/mol. The summed E-state index contributed by atoms with van der Waals surface area (Å²) in [6.45, 7) is 4.30. The number of carbonyl (C=O) groups is 1. The zero-order valence-corrected chi connectivity index (χ0v) is 15.7. The Hall–Kier alpha value is -2.49. The highest BCUT2D eigenvalue weighted by Gasteiger charge is 2.15. The van der Waals surface area contributed by atoms with Crippen LogP contribution in [-0.2, 0) is 0 Å². The van der Waals surface area contributed by atoms with Crippen molar-refractivity contribution >= 4 is 11.6 Å². The highest BCUT2D eigenvalue weighted by Crippen LogP contribution is 2.22.